The standard InChI is InChI=1S/C76H116N12O17/c1-11-78-70(94)56-46-81-74(82-47-56)86-28-26-84(27-29-86)34-36-102-35-24-65(89)85-30-32-87(33-31-85)73-79-43-55(44-80-73)45-83-75(97)104-60-23-21-54(40-64(60)101-10)39-58(77)63-42-62(100-9)50(4)38-52(6)67(91)68(92)66(90)51(5)37-48(2)17-13-12-14-18-49(3)61(99-8)41-57-22-20-53(7)76(98,105-57)69(93)71(95)88-25-16-15-19-59(88)72(96)103-63/h12-14,17-18,38,43-44,46-48,50-51,53-54,57-64,67-68,91-92,98H,11,15-16,19-37,39-42,45,77H2,1-10H3,(H,78,94)(H,83,97)/b14-12+,17-13+,49-18+,52-38+/t48-,50-,51-,53-,54+,57+,58-,59+,60-,61+,62-,63+,64-,67-,68+,76-/m1/s1. The number of hydrogen-bond acceptors (Lipinski definition) is 25. The Bertz CT molecular complexity index is 3290. The molecule has 0 aromatic carbocycles. The van der Waals surface area contributed by atoms with Gasteiger partial charge in [-0.1, -0.05) is 64.2 Å². The van der Waals surface area contributed by atoms with Gasteiger partial charge in [0.2, 0.25) is 23.6 Å². The Kier molecular flexibility index (Phi) is 32.3. The number of ether oxygens (including phenoxy) is 7. The number of anilines is 2. The Labute approximate surface area is 618 Å². The molecule has 4 amide bonds. The molecular formula is C76H116N12O17. The average molecular weight is 1470 g/mol. The largest absolute Gasteiger partial charge is 0.459 e. The summed E-state index contributed by atoms with van der Waals surface area (Å²) in [7, 11) is 4.60. The molecule has 0 unspecified atom stereocenters. The summed E-state index contributed by atoms with van der Waals surface area (Å²) in [5, 5.41) is 40.5. The highest BCUT2D eigenvalue weighted by molar-refractivity contribution is 6.39. The maximum atomic E-state index is 14.8. The third-order valence-corrected chi connectivity index (χ3v) is 21.6. The summed E-state index contributed by atoms with van der Waals surface area (Å²) in [6.07, 6.45) is 14.4. The molecule has 4 saturated heterocycles. The molecule has 8 rings (SSSR count). The molecule has 16 atom stereocenters. The second-order valence-electron chi connectivity index (χ2n) is 29.3. The third-order valence-electron chi connectivity index (χ3n) is 21.6. The normalized spacial score (nSPS) is 32.0. The number of amides is 4. The molecule has 0 radical (unpaired) electrons. The van der Waals surface area contributed by atoms with Crippen molar-refractivity contribution in [2.45, 2.75) is 205 Å². The summed E-state index contributed by atoms with van der Waals surface area (Å²) in [6.45, 7) is 20.1. The molecule has 582 valence electrons. The topological polar surface area (TPSA) is 363 Å². The molecule has 29 heteroatoms. The number of rotatable bonds is 19. The van der Waals surface area contributed by atoms with E-state index in [1.165, 1.54) is 12.0 Å². The summed E-state index contributed by atoms with van der Waals surface area (Å²) in [5.41, 5.74) is 9.44. The predicted molar refractivity (Wildman–Crippen MR) is 391 cm³/mol. The minimum absolute atomic E-state index is 0.0268. The predicted octanol–water partition coefficient (Wildman–Crippen LogP) is 4.80. The molecule has 0 spiro atoms. The molecule has 2 bridgehead atoms. The van der Waals surface area contributed by atoms with E-state index in [-0.39, 0.29) is 62.4 Å². The molecule has 1 aliphatic carbocycles. The molecule has 2 aromatic rings. The van der Waals surface area contributed by atoms with Crippen molar-refractivity contribution < 1.29 is 82.0 Å². The number of nitrogens with zero attached hydrogens (tertiary/aromatic N) is 9. The van der Waals surface area contributed by atoms with E-state index < -0.39 is 114 Å². The van der Waals surface area contributed by atoms with Gasteiger partial charge in [0.1, 0.15) is 30.5 Å². The van der Waals surface area contributed by atoms with Crippen molar-refractivity contribution in [1.29, 1.82) is 0 Å². The Morgan fingerprint density at radius 2 is 1.40 bits per heavy atom. The lowest BCUT2D eigenvalue weighted by Gasteiger charge is -2.43. The van der Waals surface area contributed by atoms with Gasteiger partial charge in [-0.25, -0.2) is 29.5 Å². The Balaban J connectivity index is 0.833. The number of aromatic nitrogens is 4. The van der Waals surface area contributed by atoms with Crippen LogP contribution in [0.1, 0.15) is 148 Å². The van der Waals surface area contributed by atoms with Gasteiger partial charge in [0, 0.05) is 167 Å². The SMILES string of the molecule is CCNC(=O)c1cnc(N2CCN(CCOCCC(=O)N3CCN(c4ncc(CNC(=O)O[C@@H]5CC[C@@H](C[C@@H](N)[C@@H]6C[C@@H](OC)[C@H](C)/C=C(\C)[C@@H](O)[C@@H](O)C(=O)[C@H](C)C[C@H](C)/C=C/C=C/C=C(\C)[C@@H](OC)C[C@@H]7CC[C@@H](C)[C@@](O)(O7)C(=O)C(=O)N7CCCC[C@H]7C(=O)O6)C[C@H]5OC)cn4)CC3)CC2)nc1. The number of methoxy groups -OCH3 is 3. The van der Waals surface area contributed by atoms with Gasteiger partial charge in [-0.05, 0) is 108 Å². The van der Waals surface area contributed by atoms with Crippen LogP contribution in [0.5, 0.6) is 0 Å². The highest BCUT2D eigenvalue weighted by Gasteiger charge is 2.53. The first-order chi connectivity index (χ1) is 50.3. The summed E-state index contributed by atoms with van der Waals surface area (Å²) >= 11 is 0. The Morgan fingerprint density at radius 3 is 2.07 bits per heavy atom. The summed E-state index contributed by atoms with van der Waals surface area (Å²) in [4.78, 5) is 124. The van der Waals surface area contributed by atoms with E-state index in [0.717, 1.165) is 38.3 Å². The maximum Gasteiger partial charge on any atom is 0.407 e. The van der Waals surface area contributed by atoms with Crippen LogP contribution < -0.4 is 26.2 Å². The van der Waals surface area contributed by atoms with Crippen LogP contribution in [0.25, 0.3) is 0 Å². The lowest BCUT2D eigenvalue weighted by Crippen LogP contribution is -2.61. The number of carbonyl (C=O) groups excluding carboxylic acids is 7. The molecule has 105 heavy (non-hydrogen) atoms. The van der Waals surface area contributed by atoms with Gasteiger partial charge in [0.05, 0.1) is 49.6 Å². The van der Waals surface area contributed by atoms with E-state index in [9.17, 15) is 48.9 Å². The smallest absolute Gasteiger partial charge is 0.407 e. The van der Waals surface area contributed by atoms with Crippen LogP contribution in [0.2, 0.25) is 0 Å². The number of aliphatic hydroxyl groups excluding tert-OH is 2. The number of fused-ring (bicyclic) bond motifs is 3. The first kappa shape index (κ1) is 83.4. The highest BCUT2D eigenvalue weighted by atomic mass is 16.6. The fraction of sp³-hybridized carbons (Fsp3) is 0.697. The van der Waals surface area contributed by atoms with E-state index in [0.29, 0.717) is 132 Å². The molecule has 29 nitrogen and oxygen atoms in total. The van der Waals surface area contributed by atoms with Crippen molar-refractivity contribution in [2.24, 2.45) is 35.3 Å². The van der Waals surface area contributed by atoms with Crippen molar-refractivity contribution in [3.63, 3.8) is 0 Å². The summed E-state index contributed by atoms with van der Waals surface area (Å²) in [6, 6.07) is -2.04. The Morgan fingerprint density at radius 1 is 0.724 bits per heavy atom. The first-order valence-electron chi connectivity index (χ1n) is 37.7. The zero-order chi connectivity index (χ0) is 75.9. The van der Waals surface area contributed by atoms with E-state index in [2.05, 4.69) is 40.4 Å². The summed E-state index contributed by atoms with van der Waals surface area (Å²) < 4.78 is 42.4. The number of alkyl carbamates (subject to hydrolysis) is 1. The average Bonchev–Trinajstić information content (AvgIpc) is 0.773. The quantitative estimate of drug-likeness (QED) is 0.0476. The van der Waals surface area contributed by atoms with Crippen molar-refractivity contribution in [3.8, 4) is 0 Å². The fourth-order valence-corrected chi connectivity index (χ4v) is 15.0. The van der Waals surface area contributed by atoms with Gasteiger partial charge in [-0.2, -0.15) is 0 Å². The maximum absolute atomic E-state index is 14.8. The Hall–Kier alpha value is -7.19. The zero-order valence-corrected chi connectivity index (χ0v) is 63.2. The van der Waals surface area contributed by atoms with E-state index in [4.69, 9.17) is 38.9 Å². The van der Waals surface area contributed by atoms with Crippen molar-refractivity contribution in [1.82, 2.24) is 45.3 Å². The van der Waals surface area contributed by atoms with E-state index in [1.807, 2.05) is 67.9 Å². The minimum Gasteiger partial charge on any atom is -0.459 e. The molecule has 5 aliphatic heterocycles. The molecule has 6 aliphatic rings. The number of allylic oxidation sites excluding steroid dienone is 5. The lowest BCUT2D eigenvalue weighted by molar-refractivity contribution is -0.265. The summed E-state index contributed by atoms with van der Waals surface area (Å²) in [5.74, 6) is -7.06. The number of nitrogens with two attached hydrogens (primary N) is 1. The van der Waals surface area contributed by atoms with Crippen LogP contribution >= 0.6 is 0 Å². The van der Waals surface area contributed by atoms with Crippen LogP contribution in [-0.4, -0.2) is 265 Å². The van der Waals surface area contributed by atoms with Crippen LogP contribution in [0.3, 0.4) is 0 Å². The van der Waals surface area contributed by atoms with Gasteiger partial charge in [-0.3, -0.25) is 28.9 Å². The van der Waals surface area contributed by atoms with Crippen LogP contribution in [-0.2, 0) is 63.7 Å². The number of piperidine rings is 1. The zero-order valence-electron chi connectivity index (χ0n) is 63.2. The third kappa shape index (κ3) is 23.4. The van der Waals surface area contributed by atoms with Gasteiger partial charge < -0.3 is 84.4 Å². The number of aliphatic hydroxyl groups is 3. The lowest BCUT2D eigenvalue weighted by atomic mass is 9.80. The number of ketones is 2. The first-order valence-corrected chi connectivity index (χ1v) is 37.7. The van der Waals surface area contributed by atoms with Gasteiger partial charge in [-0.15, -0.1) is 0 Å². The highest BCUT2D eigenvalue weighted by Crippen LogP contribution is 2.38. The number of nitrogens with one attached hydrogen (secondary N) is 2. The van der Waals surface area contributed by atoms with Crippen LogP contribution in [0, 0.1) is 29.6 Å². The van der Waals surface area contributed by atoms with Crippen molar-refractivity contribution >= 4 is 53.2 Å². The van der Waals surface area contributed by atoms with Crippen LogP contribution in [0.15, 0.2) is 72.4 Å². The molecule has 1 saturated carbocycles. The number of piperazine rings is 2. The number of esters is 1. The second kappa shape index (κ2) is 40.7. The minimum atomic E-state index is -2.48. The molecule has 5 fully saturated rings. The van der Waals surface area contributed by atoms with Crippen LogP contribution in [0.4, 0.5) is 16.7 Å². The van der Waals surface area contributed by atoms with E-state index >= 15 is 0 Å². The molecular weight excluding hydrogens is 1350 g/mol. The van der Waals surface area contributed by atoms with Gasteiger partial charge >= 0.3 is 12.1 Å². The molecule has 7 heterocycles. The number of cyclic esters (lactones) is 1. The number of hydrogen-bond donors (Lipinski definition) is 6. The van der Waals surface area contributed by atoms with Crippen molar-refractivity contribution in [3.05, 3.63) is 83.5 Å². The van der Waals surface area contributed by atoms with Gasteiger partial charge in [0.25, 0.3) is 17.6 Å². The van der Waals surface area contributed by atoms with E-state index in [1.54, 1.807) is 65.9 Å². The number of Topliss-reactive ketones (excluding diaryl/α,β-unsaturated/α-hetero) is 2. The second-order valence-corrected chi connectivity index (χ2v) is 29.3. The fourth-order valence-electron chi connectivity index (χ4n) is 15.0. The number of carbonyl (C=O) groups is 7. The molecule has 2 aromatic heterocycles. The van der Waals surface area contributed by atoms with Gasteiger partial charge in [0.15, 0.2) is 5.78 Å². The van der Waals surface area contributed by atoms with Crippen molar-refractivity contribution in [2.75, 3.05) is 116 Å². The monoisotopic (exact) mass is 1470 g/mol. The molecule has 7 N–H and O–H groups in total.